The Labute approximate surface area is 127 Å². The molecule has 0 aliphatic rings. The van der Waals surface area contributed by atoms with Crippen LogP contribution in [0, 0.1) is 12.7 Å². The summed E-state index contributed by atoms with van der Waals surface area (Å²) < 4.78 is 36.8. The van der Waals surface area contributed by atoms with Crippen LogP contribution in [0.3, 0.4) is 0 Å². The lowest BCUT2D eigenvalue weighted by atomic mass is 10.2. The Hall–Kier alpha value is -1.92. The molecule has 0 spiro atoms. The lowest BCUT2D eigenvalue weighted by Gasteiger charge is -2.03. The SMILES string of the molecule is Cc1ccc(S(=O)(=O)NN=Cc2ccc(F)cc2Cl)cc1. The van der Waals surface area contributed by atoms with Gasteiger partial charge >= 0.3 is 0 Å². The Morgan fingerprint density at radius 2 is 1.86 bits per heavy atom. The molecule has 0 aromatic heterocycles. The molecule has 110 valence electrons. The fourth-order valence-corrected chi connectivity index (χ4v) is 2.55. The van der Waals surface area contributed by atoms with Gasteiger partial charge in [-0.2, -0.15) is 13.5 Å². The van der Waals surface area contributed by atoms with E-state index in [2.05, 4.69) is 9.93 Å². The second-order valence-corrected chi connectivity index (χ2v) is 6.40. The molecule has 0 aliphatic carbocycles. The summed E-state index contributed by atoms with van der Waals surface area (Å²) in [7, 11) is -3.73. The van der Waals surface area contributed by atoms with Gasteiger partial charge in [-0.25, -0.2) is 9.22 Å². The van der Waals surface area contributed by atoms with Gasteiger partial charge < -0.3 is 0 Å². The highest BCUT2D eigenvalue weighted by Gasteiger charge is 2.11. The summed E-state index contributed by atoms with van der Waals surface area (Å²) in [6.45, 7) is 1.86. The number of hydrazone groups is 1. The highest BCUT2D eigenvalue weighted by atomic mass is 35.5. The Bertz CT molecular complexity index is 774. The number of sulfonamides is 1. The first-order valence-corrected chi connectivity index (χ1v) is 7.81. The minimum atomic E-state index is -3.73. The zero-order chi connectivity index (χ0) is 15.5. The van der Waals surface area contributed by atoms with E-state index >= 15 is 0 Å². The summed E-state index contributed by atoms with van der Waals surface area (Å²) in [5, 5.41) is 3.78. The van der Waals surface area contributed by atoms with Crippen LogP contribution < -0.4 is 4.83 Å². The topological polar surface area (TPSA) is 58.5 Å². The normalized spacial score (nSPS) is 11.8. The molecule has 0 radical (unpaired) electrons. The molecule has 2 aromatic carbocycles. The monoisotopic (exact) mass is 326 g/mol. The maximum Gasteiger partial charge on any atom is 0.276 e. The molecule has 1 N–H and O–H groups in total. The summed E-state index contributed by atoms with van der Waals surface area (Å²) >= 11 is 5.81. The number of nitrogens with zero attached hydrogens (tertiary/aromatic N) is 1. The van der Waals surface area contributed by atoms with Gasteiger partial charge in [0.2, 0.25) is 0 Å². The zero-order valence-corrected chi connectivity index (χ0v) is 12.6. The summed E-state index contributed by atoms with van der Waals surface area (Å²) in [4.78, 5) is 2.18. The number of aryl methyl sites for hydroxylation is 1. The van der Waals surface area contributed by atoms with Crippen LogP contribution in [0.2, 0.25) is 5.02 Å². The van der Waals surface area contributed by atoms with E-state index in [4.69, 9.17) is 11.6 Å². The molecule has 7 heteroatoms. The molecule has 0 saturated heterocycles. The molecule has 2 aromatic rings. The van der Waals surface area contributed by atoms with E-state index in [0.29, 0.717) is 5.56 Å². The van der Waals surface area contributed by atoms with Crippen molar-refractivity contribution in [1.82, 2.24) is 4.83 Å². The molecule has 0 unspecified atom stereocenters. The largest absolute Gasteiger partial charge is 0.276 e. The van der Waals surface area contributed by atoms with Gasteiger partial charge in [0, 0.05) is 5.56 Å². The Balaban J connectivity index is 2.14. The summed E-state index contributed by atoms with van der Waals surface area (Å²) in [5.41, 5.74) is 1.36. The summed E-state index contributed by atoms with van der Waals surface area (Å²) in [5.74, 6) is -0.475. The van der Waals surface area contributed by atoms with Crippen molar-refractivity contribution < 1.29 is 12.8 Å². The standard InChI is InChI=1S/C14H12ClFN2O2S/c1-10-2-6-13(7-3-10)21(19,20)18-17-9-11-4-5-12(16)8-14(11)15/h2-9,18H,1H3. The third-order valence-corrected chi connectivity index (χ3v) is 4.24. The minimum absolute atomic E-state index is 0.107. The van der Waals surface area contributed by atoms with Crippen LogP contribution in [0.4, 0.5) is 4.39 Å². The van der Waals surface area contributed by atoms with Crippen molar-refractivity contribution in [2.45, 2.75) is 11.8 Å². The van der Waals surface area contributed by atoms with E-state index in [-0.39, 0.29) is 9.92 Å². The van der Waals surface area contributed by atoms with E-state index in [1.807, 2.05) is 6.92 Å². The van der Waals surface area contributed by atoms with Gasteiger partial charge in [0.1, 0.15) is 5.82 Å². The van der Waals surface area contributed by atoms with Crippen molar-refractivity contribution in [3.63, 3.8) is 0 Å². The molecule has 0 aliphatic heterocycles. The molecular weight excluding hydrogens is 315 g/mol. The molecule has 0 fully saturated rings. The number of nitrogens with one attached hydrogen (secondary N) is 1. The second-order valence-electron chi connectivity index (χ2n) is 4.33. The third-order valence-electron chi connectivity index (χ3n) is 2.67. The van der Waals surface area contributed by atoms with Gasteiger partial charge in [0.05, 0.1) is 16.1 Å². The lowest BCUT2D eigenvalue weighted by molar-refractivity contribution is 0.584. The zero-order valence-electron chi connectivity index (χ0n) is 11.0. The van der Waals surface area contributed by atoms with Gasteiger partial charge in [0.25, 0.3) is 10.0 Å². The first-order valence-electron chi connectivity index (χ1n) is 5.95. The Morgan fingerprint density at radius 1 is 1.19 bits per heavy atom. The van der Waals surface area contributed by atoms with Crippen LogP contribution in [0.15, 0.2) is 52.5 Å². The van der Waals surface area contributed by atoms with E-state index in [1.165, 1.54) is 30.5 Å². The fraction of sp³-hybridized carbons (Fsp3) is 0.0714. The van der Waals surface area contributed by atoms with Crippen molar-refractivity contribution in [2.24, 2.45) is 5.10 Å². The van der Waals surface area contributed by atoms with Gasteiger partial charge in [-0.3, -0.25) is 0 Å². The molecule has 4 nitrogen and oxygen atoms in total. The maximum atomic E-state index is 12.9. The molecule has 0 bridgehead atoms. The predicted octanol–water partition coefficient (Wildman–Crippen LogP) is 3.10. The van der Waals surface area contributed by atoms with Crippen molar-refractivity contribution in [3.8, 4) is 0 Å². The van der Waals surface area contributed by atoms with Crippen molar-refractivity contribution in [2.75, 3.05) is 0 Å². The van der Waals surface area contributed by atoms with Crippen molar-refractivity contribution >= 4 is 27.8 Å². The van der Waals surface area contributed by atoms with Crippen LogP contribution in [-0.4, -0.2) is 14.6 Å². The van der Waals surface area contributed by atoms with E-state index < -0.39 is 15.8 Å². The Morgan fingerprint density at radius 3 is 2.48 bits per heavy atom. The van der Waals surface area contributed by atoms with Crippen LogP contribution in [0.25, 0.3) is 0 Å². The molecular formula is C14H12ClFN2O2S. The van der Waals surface area contributed by atoms with Crippen LogP contribution in [-0.2, 0) is 10.0 Å². The van der Waals surface area contributed by atoms with Gasteiger partial charge in [-0.1, -0.05) is 29.3 Å². The highest BCUT2D eigenvalue weighted by Crippen LogP contribution is 2.15. The first-order chi connectivity index (χ1) is 9.88. The molecule has 0 atom stereocenters. The van der Waals surface area contributed by atoms with E-state index in [9.17, 15) is 12.8 Å². The number of benzene rings is 2. The second kappa shape index (κ2) is 6.24. The first kappa shape index (κ1) is 15.5. The number of hydrogen-bond acceptors (Lipinski definition) is 3. The van der Waals surface area contributed by atoms with Crippen LogP contribution in [0.5, 0.6) is 0 Å². The van der Waals surface area contributed by atoms with Crippen LogP contribution >= 0.6 is 11.6 Å². The minimum Gasteiger partial charge on any atom is -0.207 e. The molecule has 0 amide bonds. The third kappa shape index (κ3) is 4.03. The van der Waals surface area contributed by atoms with Gasteiger partial charge in [-0.15, -0.1) is 0 Å². The lowest BCUT2D eigenvalue weighted by Crippen LogP contribution is -2.18. The van der Waals surface area contributed by atoms with Gasteiger partial charge in [-0.05, 0) is 37.3 Å². The summed E-state index contributed by atoms with van der Waals surface area (Å²) in [6, 6.07) is 10.1. The summed E-state index contributed by atoms with van der Waals surface area (Å²) in [6.07, 6.45) is 1.22. The number of rotatable bonds is 4. The predicted molar refractivity (Wildman–Crippen MR) is 80.5 cm³/mol. The van der Waals surface area contributed by atoms with E-state index in [0.717, 1.165) is 11.6 Å². The fourth-order valence-electron chi connectivity index (χ4n) is 1.54. The number of hydrogen-bond donors (Lipinski definition) is 1. The molecule has 0 heterocycles. The molecule has 21 heavy (non-hydrogen) atoms. The van der Waals surface area contributed by atoms with Gasteiger partial charge in [0.15, 0.2) is 0 Å². The smallest absolute Gasteiger partial charge is 0.207 e. The highest BCUT2D eigenvalue weighted by molar-refractivity contribution is 7.89. The van der Waals surface area contributed by atoms with Crippen molar-refractivity contribution in [1.29, 1.82) is 0 Å². The molecule has 2 rings (SSSR count). The van der Waals surface area contributed by atoms with E-state index in [1.54, 1.807) is 12.1 Å². The Kier molecular flexibility index (Phi) is 4.59. The maximum absolute atomic E-state index is 12.9. The van der Waals surface area contributed by atoms with Crippen molar-refractivity contribution in [3.05, 3.63) is 64.4 Å². The molecule has 0 saturated carbocycles. The average Bonchev–Trinajstić information content (AvgIpc) is 2.41. The average molecular weight is 327 g/mol. The van der Waals surface area contributed by atoms with Crippen LogP contribution in [0.1, 0.15) is 11.1 Å². The quantitative estimate of drug-likeness (QED) is 0.693. The number of halogens is 2.